The SMILES string of the molecule is Cc1ccc(OCC(=O)Nc2ccc(S(=O)(=O)NCc3ccccc3)cc2)cc1C. The highest BCUT2D eigenvalue weighted by molar-refractivity contribution is 7.89. The van der Waals surface area contributed by atoms with E-state index in [1.54, 1.807) is 12.1 Å². The molecule has 0 fully saturated rings. The summed E-state index contributed by atoms with van der Waals surface area (Å²) in [5.41, 5.74) is 3.60. The number of carbonyl (C=O) groups excluding carboxylic acids is 1. The van der Waals surface area contributed by atoms with Crippen LogP contribution in [-0.2, 0) is 21.4 Å². The van der Waals surface area contributed by atoms with E-state index in [9.17, 15) is 13.2 Å². The van der Waals surface area contributed by atoms with Crippen LogP contribution in [0.1, 0.15) is 16.7 Å². The standard InChI is InChI=1S/C23H24N2O4S/c1-17-8-11-21(14-18(17)2)29-16-23(26)25-20-9-12-22(13-10-20)30(27,28)24-15-19-6-4-3-5-7-19/h3-14,24H,15-16H2,1-2H3,(H,25,26). The van der Waals surface area contributed by atoms with Crippen LogP contribution in [0, 0.1) is 13.8 Å². The topological polar surface area (TPSA) is 84.5 Å². The number of rotatable bonds is 8. The second-order valence-electron chi connectivity index (χ2n) is 6.92. The Balaban J connectivity index is 1.54. The maximum Gasteiger partial charge on any atom is 0.262 e. The van der Waals surface area contributed by atoms with E-state index < -0.39 is 10.0 Å². The molecule has 6 nitrogen and oxygen atoms in total. The zero-order valence-corrected chi connectivity index (χ0v) is 17.7. The van der Waals surface area contributed by atoms with Gasteiger partial charge >= 0.3 is 0 Å². The Morgan fingerprint density at radius 1 is 0.900 bits per heavy atom. The molecular formula is C23H24N2O4S. The lowest BCUT2D eigenvalue weighted by Crippen LogP contribution is -2.23. The molecule has 0 heterocycles. The highest BCUT2D eigenvalue weighted by Crippen LogP contribution is 2.17. The van der Waals surface area contributed by atoms with Gasteiger partial charge in [0.1, 0.15) is 5.75 Å². The fourth-order valence-electron chi connectivity index (χ4n) is 2.72. The summed E-state index contributed by atoms with van der Waals surface area (Å²) < 4.78 is 32.9. The average Bonchev–Trinajstić information content (AvgIpc) is 2.74. The van der Waals surface area contributed by atoms with E-state index in [1.807, 2.05) is 62.4 Å². The van der Waals surface area contributed by atoms with E-state index in [4.69, 9.17) is 4.74 Å². The summed E-state index contributed by atoms with van der Waals surface area (Å²) >= 11 is 0. The van der Waals surface area contributed by atoms with Gasteiger partial charge in [-0.3, -0.25) is 4.79 Å². The van der Waals surface area contributed by atoms with E-state index >= 15 is 0 Å². The van der Waals surface area contributed by atoms with Crippen molar-refractivity contribution in [1.29, 1.82) is 0 Å². The molecule has 156 valence electrons. The van der Waals surface area contributed by atoms with Gasteiger partial charge < -0.3 is 10.1 Å². The molecule has 3 aromatic carbocycles. The van der Waals surface area contributed by atoms with Crippen LogP contribution in [0.3, 0.4) is 0 Å². The minimum atomic E-state index is -3.65. The van der Waals surface area contributed by atoms with Gasteiger partial charge in [0.2, 0.25) is 10.0 Å². The maximum atomic E-state index is 12.4. The summed E-state index contributed by atoms with van der Waals surface area (Å²) in [7, 11) is -3.65. The van der Waals surface area contributed by atoms with Gasteiger partial charge in [-0.1, -0.05) is 36.4 Å². The predicted molar refractivity (Wildman–Crippen MR) is 117 cm³/mol. The number of ether oxygens (including phenoxy) is 1. The molecule has 0 saturated heterocycles. The van der Waals surface area contributed by atoms with Gasteiger partial charge in [0.25, 0.3) is 5.91 Å². The number of carbonyl (C=O) groups is 1. The van der Waals surface area contributed by atoms with Crippen LogP contribution in [-0.4, -0.2) is 20.9 Å². The van der Waals surface area contributed by atoms with Crippen molar-refractivity contribution >= 4 is 21.6 Å². The van der Waals surface area contributed by atoms with Crippen molar-refractivity contribution in [1.82, 2.24) is 4.72 Å². The fourth-order valence-corrected chi connectivity index (χ4v) is 3.74. The summed E-state index contributed by atoms with van der Waals surface area (Å²) in [5, 5.41) is 2.70. The van der Waals surface area contributed by atoms with Gasteiger partial charge in [0, 0.05) is 12.2 Å². The zero-order chi connectivity index (χ0) is 21.6. The van der Waals surface area contributed by atoms with Crippen LogP contribution in [0.25, 0.3) is 0 Å². The third kappa shape index (κ3) is 5.92. The van der Waals surface area contributed by atoms with Crippen LogP contribution >= 0.6 is 0 Å². The van der Waals surface area contributed by atoms with Crippen molar-refractivity contribution in [2.45, 2.75) is 25.3 Å². The lowest BCUT2D eigenvalue weighted by Gasteiger charge is -2.10. The summed E-state index contributed by atoms with van der Waals surface area (Å²) in [6.07, 6.45) is 0. The fraction of sp³-hybridized carbons (Fsp3) is 0.174. The molecule has 0 unspecified atom stereocenters. The van der Waals surface area contributed by atoms with E-state index in [1.165, 1.54) is 12.1 Å². The first-order valence-corrected chi connectivity index (χ1v) is 11.0. The lowest BCUT2D eigenvalue weighted by molar-refractivity contribution is -0.118. The van der Waals surface area contributed by atoms with Crippen molar-refractivity contribution in [2.24, 2.45) is 0 Å². The lowest BCUT2D eigenvalue weighted by atomic mass is 10.1. The van der Waals surface area contributed by atoms with E-state index in [2.05, 4.69) is 10.0 Å². The van der Waals surface area contributed by atoms with Crippen LogP contribution in [0.15, 0.2) is 77.7 Å². The average molecular weight is 425 g/mol. The molecule has 0 aliphatic carbocycles. The molecule has 0 aromatic heterocycles. The highest BCUT2D eigenvalue weighted by atomic mass is 32.2. The number of hydrogen-bond acceptors (Lipinski definition) is 4. The molecule has 0 radical (unpaired) electrons. The third-order valence-electron chi connectivity index (χ3n) is 4.61. The molecule has 0 atom stereocenters. The quantitative estimate of drug-likeness (QED) is 0.576. The Labute approximate surface area is 177 Å². The van der Waals surface area contributed by atoms with Gasteiger partial charge in [0.15, 0.2) is 6.61 Å². The predicted octanol–water partition coefficient (Wildman–Crippen LogP) is 3.80. The highest BCUT2D eigenvalue weighted by Gasteiger charge is 2.14. The molecule has 1 amide bonds. The van der Waals surface area contributed by atoms with E-state index in [0.29, 0.717) is 11.4 Å². The number of anilines is 1. The summed E-state index contributed by atoms with van der Waals surface area (Å²) in [6, 6.07) is 20.9. The molecule has 3 aromatic rings. The van der Waals surface area contributed by atoms with Gasteiger partial charge in [-0.05, 0) is 66.9 Å². The molecule has 0 spiro atoms. The van der Waals surface area contributed by atoms with Crippen LogP contribution < -0.4 is 14.8 Å². The van der Waals surface area contributed by atoms with Crippen molar-refractivity contribution in [3.05, 3.63) is 89.5 Å². The number of aryl methyl sites for hydroxylation is 2. The normalized spacial score (nSPS) is 11.1. The molecule has 2 N–H and O–H groups in total. The van der Waals surface area contributed by atoms with Gasteiger partial charge in [-0.15, -0.1) is 0 Å². The maximum absolute atomic E-state index is 12.4. The third-order valence-corrected chi connectivity index (χ3v) is 6.02. The van der Waals surface area contributed by atoms with E-state index in [0.717, 1.165) is 16.7 Å². The summed E-state index contributed by atoms with van der Waals surface area (Å²) in [5.74, 6) is 0.296. The Kier molecular flexibility index (Phi) is 6.87. The van der Waals surface area contributed by atoms with Crippen LogP contribution in [0.2, 0.25) is 0 Å². The largest absolute Gasteiger partial charge is 0.484 e. The molecule has 0 aliphatic rings. The number of sulfonamides is 1. The van der Waals surface area contributed by atoms with Gasteiger partial charge in [0.05, 0.1) is 4.90 Å². The first-order valence-electron chi connectivity index (χ1n) is 9.47. The van der Waals surface area contributed by atoms with Crippen LogP contribution in [0.5, 0.6) is 5.75 Å². The monoisotopic (exact) mass is 424 g/mol. The second-order valence-corrected chi connectivity index (χ2v) is 8.68. The van der Waals surface area contributed by atoms with E-state index in [-0.39, 0.29) is 24.0 Å². The smallest absolute Gasteiger partial charge is 0.262 e. The van der Waals surface area contributed by atoms with Crippen molar-refractivity contribution in [3.63, 3.8) is 0 Å². The first kappa shape index (κ1) is 21.5. The first-order chi connectivity index (χ1) is 14.3. The molecule has 7 heteroatoms. The second kappa shape index (κ2) is 9.56. The van der Waals surface area contributed by atoms with Crippen LogP contribution in [0.4, 0.5) is 5.69 Å². The molecule has 30 heavy (non-hydrogen) atoms. The molecule has 3 rings (SSSR count). The van der Waals surface area contributed by atoms with Crippen molar-refractivity contribution in [2.75, 3.05) is 11.9 Å². The van der Waals surface area contributed by atoms with Gasteiger partial charge in [-0.2, -0.15) is 0 Å². The number of amides is 1. The summed E-state index contributed by atoms with van der Waals surface area (Å²) in [4.78, 5) is 12.2. The zero-order valence-electron chi connectivity index (χ0n) is 16.9. The molecule has 0 saturated carbocycles. The Morgan fingerprint density at radius 3 is 2.27 bits per heavy atom. The Morgan fingerprint density at radius 2 is 1.60 bits per heavy atom. The number of nitrogens with one attached hydrogen (secondary N) is 2. The van der Waals surface area contributed by atoms with Crippen molar-refractivity contribution in [3.8, 4) is 5.75 Å². The minimum Gasteiger partial charge on any atom is -0.484 e. The Hall–Kier alpha value is -3.16. The minimum absolute atomic E-state index is 0.128. The molecule has 0 aliphatic heterocycles. The van der Waals surface area contributed by atoms with Gasteiger partial charge in [-0.25, -0.2) is 13.1 Å². The summed E-state index contributed by atoms with van der Waals surface area (Å²) in [6.45, 7) is 4.05. The molecular weight excluding hydrogens is 400 g/mol. The van der Waals surface area contributed by atoms with Crippen molar-refractivity contribution < 1.29 is 17.9 Å². The number of hydrogen-bond donors (Lipinski definition) is 2. The Bertz CT molecular complexity index is 1110. The number of benzene rings is 3. The molecule has 0 bridgehead atoms.